The minimum Gasteiger partial charge on any atom is -0.469 e. The Labute approximate surface area is 98.6 Å². The Morgan fingerprint density at radius 3 is 2.81 bits per heavy atom. The summed E-state index contributed by atoms with van der Waals surface area (Å²) >= 11 is 0. The van der Waals surface area contributed by atoms with Crippen LogP contribution in [-0.2, 0) is 6.54 Å². The van der Waals surface area contributed by atoms with E-state index in [0.29, 0.717) is 0 Å². The van der Waals surface area contributed by atoms with Gasteiger partial charge in [0.2, 0.25) is 0 Å². The number of nitrogens with two attached hydrogens (primary N) is 1. The maximum atomic E-state index is 6.06. The quantitative estimate of drug-likeness (QED) is 0.774. The minimum absolute atomic E-state index is 0.289. The summed E-state index contributed by atoms with van der Waals surface area (Å²) in [4.78, 5) is 2.26. The van der Waals surface area contributed by atoms with E-state index in [9.17, 15) is 0 Å². The summed E-state index contributed by atoms with van der Waals surface area (Å²) in [7, 11) is 2.11. The van der Waals surface area contributed by atoms with E-state index in [1.807, 2.05) is 13.0 Å². The van der Waals surface area contributed by atoms with E-state index in [4.69, 9.17) is 10.2 Å². The van der Waals surface area contributed by atoms with Gasteiger partial charge in [0, 0.05) is 24.7 Å². The molecule has 0 aliphatic carbocycles. The topological polar surface area (TPSA) is 42.4 Å². The molecule has 1 unspecified atom stereocenters. The van der Waals surface area contributed by atoms with Crippen LogP contribution in [0.2, 0.25) is 0 Å². The fraction of sp³-hybridized carbons (Fsp3) is 0.692. The van der Waals surface area contributed by atoms with Crippen LogP contribution in [0.5, 0.6) is 0 Å². The predicted molar refractivity (Wildman–Crippen MR) is 67.3 cm³/mol. The summed E-state index contributed by atoms with van der Waals surface area (Å²) < 4.78 is 5.28. The highest BCUT2D eigenvalue weighted by Gasteiger charge is 2.09. The molecule has 1 heterocycles. The Balaban J connectivity index is 2.30. The first-order chi connectivity index (χ1) is 7.63. The molecule has 0 amide bonds. The minimum atomic E-state index is 0.289. The van der Waals surface area contributed by atoms with Crippen LogP contribution in [0.25, 0.3) is 0 Å². The summed E-state index contributed by atoms with van der Waals surface area (Å²) in [6.07, 6.45) is 5.30. The summed E-state index contributed by atoms with van der Waals surface area (Å²) in [6.45, 7) is 6.07. The molecule has 0 aliphatic rings. The molecule has 3 nitrogen and oxygen atoms in total. The number of nitrogens with zero attached hydrogens (tertiary/aromatic N) is 1. The number of hydrogen-bond acceptors (Lipinski definition) is 3. The molecule has 2 N–H and O–H groups in total. The number of likely N-dealkylation sites (N-methyl/N-ethyl adjacent to an activating group) is 1. The van der Waals surface area contributed by atoms with Crippen molar-refractivity contribution in [2.45, 2.75) is 45.7 Å². The van der Waals surface area contributed by atoms with Crippen molar-refractivity contribution in [3.63, 3.8) is 0 Å². The average Bonchev–Trinajstić information content (AvgIpc) is 2.61. The Morgan fingerprint density at radius 1 is 1.50 bits per heavy atom. The lowest BCUT2D eigenvalue weighted by Gasteiger charge is -2.20. The third-order valence-electron chi connectivity index (χ3n) is 2.88. The molecular formula is C13H24N2O. The highest BCUT2D eigenvalue weighted by molar-refractivity contribution is 5.14. The van der Waals surface area contributed by atoms with Gasteiger partial charge in [0.05, 0.1) is 6.26 Å². The van der Waals surface area contributed by atoms with Crippen molar-refractivity contribution in [2.24, 2.45) is 5.73 Å². The highest BCUT2D eigenvalue weighted by atomic mass is 16.3. The Bertz CT molecular complexity index is 296. The van der Waals surface area contributed by atoms with Gasteiger partial charge in [-0.1, -0.05) is 19.8 Å². The lowest BCUT2D eigenvalue weighted by atomic mass is 10.1. The number of unbranched alkanes of at least 4 members (excludes halogenated alkanes) is 1. The Morgan fingerprint density at radius 2 is 2.25 bits per heavy atom. The van der Waals surface area contributed by atoms with Crippen molar-refractivity contribution >= 4 is 0 Å². The van der Waals surface area contributed by atoms with Gasteiger partial charge in [-0.05, 0) is 26.5 Å². The molecule has 0 fully saturated rings. The fourth-order valence-electron chi connectivity index (χ4n) is 1.89. The summed E-state index contributed by atoms with van der Waals surface area (Å²) in [6, 6.07) is 2.32. The summed E-state index contributed by atoms with van der Waals surface area (Å²) in [5.74, 6) is 1.01. The van der Waals surface area contributed by atoms with Crippen LogP contribution in [0.1, 0.15) is 37.5 Å². The molecule has 0 spiro atoms. The Hall–Kier alpha value is -0.800. The van der Waals surface area contributed by atoms with Crippen LogP contribution in [0, 0.1) is 6.92 Å². The van der Waals surface area contributed by atoms with Gasteiger partial charge in [-0.2, -0.15) is 0 Å². The summed E-state index contributed by atoms with van der Waals surface area (Å²) in [5, 5.41) is 0. The summed E-state index contributed by atoms with van der Waals surface area (Å²) in [5.41, 5.74) is 7.32. The second-order valence-corrected chi connectivity index (χ2v) is 4.60. The normalized spacial score (nSPS) is 13.3. The monoisotopic (exact) mass is 224 g/mol. The highest BCUT2D eigenvalue weighted by Crippen LogP contribution is 2.11. The molecule has 1 rings (SSSR count). The molecule has 92 valence electrons. The Kier molecular flexibility index (Phi) is 5.56. The maximum Gasteiger partial charge on any atom is 0.105 e. The first kappa shape index (κ1) is 13.3. The van der Waals surface area contributed by atoms with Gasteiger partial charge in [-0.3, -0.25) is 0 Å². The predicted octanol–water partition coefficient (Wildman–Crippen LogP) is 2.54. The lowest BCUT2D eigenvalue weighted by molar-refractivity contribution is 0.293. The third-order valence-corrected chi connectivity index (χ3v) is 2.88. The van der Waals surface area contributed by atoms with E-state index in [2.05, 4.69) is 18.9 Å². The van der Waals surface area contributed by atoms with Gasteiger partial charge in [-0.25, -0.2) is 0 Å². The first-order valence-electron chi connectivity index (χ1n) is 6.10. The fourth-order valence-corrected chi connectivity index (χ4v) is 1.89. The molecule has 0 aromatic carbocycles. The molecule has 1 aromatic rings. The molecule has 0 radical (unpaired) electrons. The van der Waals surface area contributed by atoms with Crippen LogP contribution in [-0.4, -0.2) is 24.5 Å². The molecule has 0 saturated carbocycles. The van der Waals surface area contributed by atoms with Crippen molar-refractivity contribution in [3.8, 4) is 0 Å². The van der Waals surface area contributed by atoms with Gasteiger partial charge in [0.25, 0.3) is 0 Å². The average molecular weight is 224 g/mol. The van der Waals surface area contributed by atoms with Crippen LogP contribution in [0.3, 0.4) is 0 Å². The largest absolute Gasteiger partial charge is 0.469 e. The molecule has 0 aliphatic heterocycles. The van der Waals surface area contributed by atoms with Crippen molar-refractivity contribution in [1.82, 2.24) is 4.90 Å². The first-order valence-corrected chi connectivity index (χ1v) is 6.10. The molecule has 1 atom stereocenters. The third kappa shape index (κ3) is 4.37. The van der Waals surface area contributed by atoms with Crippen molar-refractivity contribution in [3.05, 3.63) is 23.7 Å². The molecular weight excluding hydrogens is 200 g/mol. The lowest BCUT2D eigenvalue weighted by Crippen LogP contribution is -2.34. The van der Waals surface area contributed by atoms with Crippen LogP contribution < -0.4 is 5.73 Å². The smallest absolute Gasteiger partial charge is 0.105 e. The zero-order valence-corrected chi connectivity index (χ0v) is 10.7. The molecule has 3 heteroatoms. The van der Waals surface area contributed by atoms with E-state index < -0.39 is 0 Å². The van der Waals surface area contributed by atoms with Crippen molar-refractivity contribution in [2.75, 3.05) is 13.6 Å². The zero-order valence-electron chi connectivity index (χ0n) is 10.7. The molecule has 0 bridgehead atoms. The van der Waals surface area contributed by atoms with Crippen LogP contribution >= 0.6 is 0 Å². The van der Waals surface area contributed by atoms with E-state index in [1.54, 1.807) is 6.26 Å². The number of hydrogen-bond donors (Lipinski definition) is 1. The van der Waals surface area contributed by atoms with Gasteiger partial charge in [0.1, 0.15) is 5.76 Å². The number of rotatable bonds is 7. The molecule has 16 heavy (non-hydrogen) atoms. The van der Waals surface area contributed by atoms with E-state index in [-0.39, 0.29) is 6.04 Å². The van der Waals surface area contributed by atoms with Crippen LogP contribution in [0.4, 0.5) is 0 Å². The second kappa shape index (κ2) is 6.71. The second-order valence-electron chi connectivity index (χ2n) is 4.60. The van der Waals surface area contributed by atoms with Gasteiger partial charge >= 0.3 is 0 Å². The van der Waals surface area contributed by atoms with Gasteiger partial charge in [-0.15, -0.1) is 0 Å². The van der Waals surface area contributed by atoms with Crippen molar-refractivity contribution in [1.29, 1.82) is 0 Å². The zero-order chi connectivity index (χ0) is 12.0. The van der Waals surface area contributed by atoms with Gasteiger partial charge in [0.15, 0.2) is 0 Å². The standard InChI is InChI=1S/C13H24N2O/c1-4-5-6-13(14)10-15(3)9-12-7-8-16-11(12)2/h7-8,13H,4-6,9-10,14H2,1-3H3. The maximum absolute atomic E-state index is 6.06. The van der Waals surface area contributed by atoms with Crippen LogP contribution in [0.15, 0.2) is 16.7 Å². The van der Waals surface area contributed by atoms with E-state index in [0.717, 1.165) is 25.3 Å². The SMILES string of the molecule is CCCCC(N)CN(C)Cc1ccoc1C. The van der Waals surface area contributed by atoms with E-state index >= 15 is 0 Å². The molecule has 0 saturated heterocycles. The number of furan rings is 1. The number of aryl methyl sites for hydroxylation is 1. The van der Waals surface area contributed by atoms with Gasteiger partial charge < -0.3 is 15.1 Å². The molecule has 1 aromatic heterocycles. The van der Waals surface area contributed by atoms with E-state index in [1.165, 1.54) is 18.4 Å². The van der Waals surface area contributed by atoms with Crippen molar-refractivity contribution < 1.29 is 4.42 Å².